The van der Waals surface area contributed by atoms with Crippen LogP contribution in [0.1, 0.15) is 0 Å². The molecule has 0 aromatic heterocycles. The van der Waals surface area contributed by atoms with Crippen molar-refractivity contribution in [2.45, 2.75) is 0 Å². The maximum atomic E-state index is 5.45. The Kier molecular flexibility index (Phi) is 1.22. The Balaban J connectivity index is 2.75. The van der Waals surface area contributed by atoms with Crippen LogP contribution < -0.4 is 16.9 Å². The number of hydrazine groups is 1. The van der Waals surface area contributed by atoms with Gasteiger partial charge in [0.2, 0.25) is 0 Å². The van der Waals surface area contributed by atoms with Gasteiger partial charge in [0.05, 0.1) is 11.4 Å². The summed E-state index contributed by atoms with van der Waals surface area (Å²) in [5, 5.41) is 1.73. The van der Waals surface area contributed by atoms with Crippen LogP contribution in [0.3, 0.4) is 0 Å². The van der Waals surface area contributed by atoms with E-state index in [9.17, 15) is 0 Å². The third-order valence-electron chi connectivity index (χ3n) is 1.09. The van der Waals surface area contributed by atoms with Crippen LogP contribution in [0.15, 0.2) is 23.8 Å². The molecule has 0 saturated carbocycles. The summed E-state index contributed by atoms with van der Waals surface area (Å²) >= 11 is 0. The fourth-order valence-corrected chi connectivity index (χ4v) is 0.575. The first-order valence-electron chi connectivity index (χ1n) is 2.62. The van der Waals surface area contributed by atoms with Gasteiger partial charge in [0, 0.05) is 19.4 Å². The number of nitrogens with one attached hydrogen (secondary N) is 1. The lowest BCUT2D eigenvalue weighted by Crippen LogP contribution is -2.32. The average Bonchev–Trinajstić information content (AvgIpc) is 1.80. The second-order valence-corrected chi connectivity index (χ2v) is 1.92. The van der Waals surface area contributed by atoms with Crippen LogP contribution in [0.4, 0.5) is 0 Å². The van der Waals surface area contributed by atoms with E-state index in [2.05, 4.69) is 5.43 Å². The van der Waals surface area contributed by atoms with Gasteiger partial charge >= 0.3 is 0 Å². The van der Waals surface area contributed by atoms with Gasteiger partial charge in [-0.3, -0.25) is 5.01 Å². The molecule has 0 bridgehead atoms. The normalized spacial score (nSPS) is 18.1. The highest BCUT2D eigenvalue weighted by Gasteiger charge is 2.01. The molecule has 4 nitrogen and oxygen atoms in total. The van der Waals surface area contributed by atoms with E-state index < -0.39 is 0 Å². The maximum Gasteiger partial charge on any atom is 0.0744 e. The van der Waals surface area contributed by atoms with Gasteiger partial charge in [-0.05, 0) is 0 Å². The van der Waals surface area contributed by atoms with Gasteiger partial charge in [-0.2, -0.15) is 0 Å². The van der Waals surface area contributed by atoms with Crippen molar-refractivity contribution in [3.8, 4) is 0 Å². The SMILES string of the molecule is CN1C=C(N)C(N)=CN1. The molecule has 1 aliphatic rings. The van der Waals surface area contributed by atoms with E-state index in [1.165, 1.54) is 0 Å². The quantitative estimate of drug-likeness (QED) is 0.391. The van der Waals surface area contributed by atoms with E-state index in [1.807, 2.05) is 7.05 Å². The molecular weight excluding hydrogens is 116 g/mol. The fourth-order valence-electron chi connectivity index (χ4n) is 0.575. The number of nitrogens with two attached hydrogens (primary N) is 2. The Morgan fingerprint density at radius 1 is 1.44 bits per heavy atom. The molecule has 0 unspecified atom stereocenters. The lowest BCUT2D eigenvalue weighted by Gasteiger charge is -2.20. The van der Waals surface area contributed by atoms with Crippen molar-refractivity contribution in [3.05, 3.63) is 23.8 Å². The molecule has 0 atom stereocenters. The predicted octanol–water partition coefficient (Wildman–Crippen LogP) is -0.963. The van der Waals surface area contributed by atoms with Crippen molar-refractivity contribution in [3.63, 3.8) is 0 Å². The summed E-state index contributed by atoms with van der Waals surface area (Å²) in [4.78, 5) is 0. The van der Waals surface area contributed by atoms with E-state index in [1.54, 1.807) is 17.4 Å². The Morgan fingerprint density at radius 3 is 2.56 bits per heavy atom. The molecule has 5 N–H and O–H groups in total. The molecule has 0 amide bonds. The number of nitrogens with zero attached hydrogens (tertiary/aromatic N) is 1. The molecule has 0 saturated heterocycles. The molecule has 1 aliphatic heterocycles. The van der Waals surface area contributed by atoms with Crippen molar-refractivity contribution in [1.29, 1.82) is 0 Å². The predicted molar refractivity (Wildman–Crippen MR) is 35.4 cm³/mol. The van der Waals surface area contributed by atoms with Gasteiger partial charge in [-0.1, -0.05) is 0 Å². The van der Waals surface area contributed by atoms with Crippen LogP contribution >= 0.6 is 0 Å². The van der Waals surface area contributed by atoms with E-state index in [0.717, 1.165) is 0 Å². The Hall–Kier alpha value is -1.32. The van der Waals surface area contributed by atoms with Crippen molar-refractivity contribution in [2.24, 2.45) is 11.5 Å². The summed E-state index contributed by atoms with van der Waals surface area (Å²) < 4.78 is 0. The van der Waals surface area contributed by atoms with Gasteiger partial charge in [0.25, 0.3) is 0 Å². The lowest BCUT2D eigenvalue weighted by atomic mass is 10.3. The minimum absolute atomic E-state index is 0.577. The third-order valence-corrected chi connectivity index (χ3v) is 1.09. The monoisotopic (exact) mass is 126 g/mol. The van der Waals surface area contributed by atoms with Crippen molar-refractivity contribution in [2.75, 3.05) is 7.05 Å². The van der Waals surface area contributed by atoms with Gasteiger partial charge < -0.3 is 16.9 Å². The zero-order valence-corrected chi connectivity index (χ0v) is 5.26. The number of hydrogen-bond donors (Lipinski definition) is 3. The second-order valence-electron chi connectivity index (χ2n) is 1.92. The Bertz CT molecular complexity index is 170. The van der Waals surface area contributed by atoms with Crippen molar-refractivity contribution in [1.82, 2.24) is 10.4 Å². The highest BCUT2D eigenvalue weighted by atomic mass is 15.5. The van der Waals surface area contributed by atoms with Gasteiger partial charge in [-0.25, -0.2) is 0 Å². The maximum absolute atomic E-state index is 5.45. The molecule has 9 heavy (non-hydrogen) atoms. The zero-order valence-electron chi connectivity index (χ0n) is 5.26. The number of hydrogen-bond acceptors (Lipinski definition) is 4. The molecule has 0 fully saturated rings. The van der Waals surface area contributed by atoms with Crippen LogP contribution in [0, 0.1) is 0 Å². The summed E-state index contributed by atoms with van der Waals surface area (Å²) in [7, 11) is 1.84. The molecule has 0 radical (unpaired) electrons. The molecule has 0 aromatic rings. The van der Waals surface area contributed by atoms with Crippen LogP contribution in [-0.2, 0) is 0 Å². The molecule has 0 aliphatic carbocycles. The zero-order chi connectivity index (χ0) is 6.85. The summed E-state index contributed by atoms with van der Waals surface area (Å²) in [5.74, 6) is 0. The summed E-state index contributed by atoms with van der Waals surface area (Å²) in [6, 6.07) is 0. The third kappa shape index (κ3) is 1.07. The largest absolute Gasteiger partial charge is 0.396 e. The lowest BCUT2D eigenvalue weighted by molar-refractivity contribution is 0.375. The fraction of sp³-hybridized carbons (Fsp3) is 0.200. The van der Waals surface area contributed by atoms with Gasteiger partial charge in [-0.15, -0.1) is 0 Å². The molecule has 4 heteroatoms. The topological polar surface area (TPSA) is 67.3 Å². The Morgan fingerprint density at radius 2 is 2.11 bits per heavy atom. The summed E-state index contributed by atoms with van der Waals surface area (Å²) in [5.41, 5.74) is 14.9. The van der Waals surface area contributed by atoms with E-state index in [4.69, 9.17) is 11.5 Å². The summed E-state index contributed by atoms with van der Waals surface area (Å²) in [6.07, 6.45) is 3.37. The molecule has 1 rings (SSSR count). The number of rotatable bonds is 0. The molecule has 1 heterocycles. The molecule has 0 aromatic carbocycles. The van der Waals surface area contributed by atoms with Crippen LogP contribution in [0.2, 0.25) is 0 Å². The van der Waals surface area contributed by atoms with Gasteiger partial charge in [0.15, 0.2) is 0 Å². The summed E-state index contributed by atoms with van der Waals surface area (Å²) in [6.45, 7) is 0. The van der Waals surface area contributed by atoms with E-state index >= 15 is 0 Å². The van der Waals surface area contributed by atoms with Crippen molar-refractivity contribution < 1.29 is 0 Å². The smallest absolute Gasteiger partial charge is 0.0744 e. The minimum Gasteiger partial charge on any atom is -0.396 e. The van der Waals surface area contributed by atoms with E-state index in [-0.39, 0.29) is 0 Å². The molecular formula is C5H10N4. The highest BCUT2D eigenvalue weighted by Crippen LogP contribution is 1.99. The second kappa shape index (κ2) is 1.89. The van der Waals surface area contributed by atoms with Gasteiger partial charge in [0.1, 0.15) is 0 Å². The molecule has 50 valence electrons. The van der Waals surface area contributed by atoms with Crippen LogP contribution in [0.5, 0.6) is 0 Å². The highest BCUT2D eigenvalue weighted by molar-refractivity contribution is 5.25. The minimum atomic E-state index is 0.577. The standard InChI is InChI=1S/C5H10N4/c1-9-3-5(7)4(6)2-8-9/h2-3,8H,6-7H2,1H3. The first-order valence-corrected chi connectivity index (χ1v) is 2.62. The first-order chi connectivity index (χ1) is 4.20. The van der Waals surface area contributed by atoms with Crippen molar-refractivity contribution >= 4 is 0 Å². The Labute approximate surface area is 53.8 Å². The average molecular weight is 126 g/mol. The van der Waals surface area contributed by atoms with E-state index in [0.29, 0.717) is 11.4 Å². The van der Waals surface area contributed by atoms with Crippen LogP contribution in [-0.4, -0.2) is 12.1 Å². The first kappa shape index (κ1) is 5.81. The van der Waals surface area contributed by atoms with Crippen LogP contribution in [0.25, 0.3) is 0 Å². The molecule has 0 spiro atoms.